The van der Waals surface area contributed by atoms with E-state index in [4.69, 9.17) is 24.8 Å². The van der Waals surface area contributed by atoms with Gasteiger partial charge in [0.2, 0.25) is 0 Å². The average Bonchev–Trinajstić information content (AvgIpc) is 2.28. The van der Waals surface area contributed by atoms with Crippen LogP contribution in [0.4, 0.5) is 0 Å². The molecule has 0 saturated heterocycles. The van der Waals surface area contributed by atoms with Gasteiger partial charge < -0.3 is 19.6 Å². The Kier molecular flexibility index (Phi) is 5.05. The molecule has 1 aromatic carbocycles. The third-order valence-corrected chi connectivity index (χ3v) is 6.36. The highest BCUT2D eigenvalue weighted by Crippen LogP contribution is 2.62. The van der Waals surface area contributed by atoms with Gasteiger partial charge in [0.15, 0.2) is 5.40 Å². The standard InChI is InChI=1S/C10H13NO6P2/c11-7-9(8-4-2-1-3-5-8)6-10(18(12,13)14)19(15,16)17/h1-5,9-10H,6H2,(H2,12,13,14)(H2,15,16,17). The SMILES string of the molecule is N#CC(CC(P(=O)(O)O)P(=O)(O)O)c1ccccc1. The van der Waals surface area contributed by atoms with Crippen LogP contribution in [0.15, 0.2) is 30.3 Å². The highest BCUT2D eigenvalue weighted by atomic mass is 31.2. The van der Waals surface area contributed by atoms with Crippen LogP contribution in [0.25, 0.3) is 0 Å². The fourth-order valence-corrected chi connectivity index (χ4v) is 4.17. The van der Waals surface area contributed by atoms with E-state index >= 15 is 0 Å². The van der Waals surface area contributed by atoms with Crippen LogP contribution in [0.3, 0.4) is 0 Å². The van der Waals surface area contributed by atoms with Gasteiger partial charge in [-0.2, -0.15) is 5.26 Å². The van der Waals surface area contributed by atoms with E-state index in [2.05, 4.69) is 0 Å². The minimum atomic E-state index is -5.00. The predicted molar refractivity (Wildman–Crippen MR) is 67.3 cm³/mol. The van der Waals surface area contributed by atoms with Gasteiger partial charge in [-0.1, -0.05) is 30.3 Å². The molecule has 1 atom stereocenters. The van der Waals surface area contributed by atoms with Crippen molar-refractivity contribution in [1.29, 1.82) is 5.26 Å². The number of nitrogens with zero attached hydrogens (tertiary/aromatic N) is 1. The molecular weight excluding hydrogens is 292 g/mol. The normalized spacial score (nSPS) is 14.1. The Morgan fingerprint density at radius 2 is 1.53 bits per heavy atom. The summed E-state index contributed by atoms with van der Waals surface area (Å²) in [7, 11) is -10.00. The molecule has 1 rings (SSSR count). The lowest BCUT2D eigenvalue weighted by molar-refractivity contribution is 0.334. The van der Waals surface area contributed by atoms with Crippen molar-refractivity contribution in [1.82, 2.24) is 0 Å². The number of hydrogen-bond acceptors (Lipinski definition) is 3. The molecule has 0 heterocycles. The Morgan fingerprint density at radius 1 is 1.05 bits per heavy atom. The molecule has 1 aromatic rings. The lowest BCUT2D eigenvalue weighted by atomic mass is 9.98. The van der Waals surface area contributed by atoms with Crippen molar-refractivity contribution in [3.05, 3.63) is 35.9 Å². The lowest BCUT2D eigenvalue weighted by Gasteiger charge is -2.21. The van der Waals surface area contributed by atoms with E-state index in [-0.39, 0.29) is 0 Å². The van der Waals surface area contributed by atoms with E-state index in [0.717, 1.165) is 0 Å². The molecular formula is C10H13NO6P2. The molecule has 9 heteroatoms. The Morgan fingerprint density at radius 3 is 1.89 bits per heavy atom. The Balaban J connectivity index is 3.06. The van der Waals surface area contributed by atoms with Gasteiger partial charge in [-0.15, -0.1) is 0 Å². The van der Waals surface area contributed by atoms with Crippen LogP contribution in [-0.2, 0) is 9.13 Å². The summed E-state index contributed by atoms with van der Waals surface area (Å²) >= 11 is 0. The summed E-state index contributed by atoms with van der Waals surface area (Å²) in [6.07, 6.45) is -0.602. The van der Waals surface area contributed by atoms with Crippen molar-refractivity contribution >= 4 is 15.2 Å². The highest BCUT2D eigenvalue weighted by molar-refractivity contribution is 7.70. The predicted octanol–water partition coefficient (Wildman–Crippen LogP) is 1.37. The molecule has 104 valence electrons. The number of nitriles is 1. The van der Waals surface area contributed by atoms with Gasteiger partial charge in [0, 0.05) is 0 Å². The van der Waals surface area contributed by atoms with E-state index in [1.165, 1.54) is 0 Å². The summed E-state index contributed by atoms with van der Waals surface area (Å²) in [6.45, 7) is 0. The largest absolute Gasteiger partial charge is 0.340 e. The van der Waals surface area contributed by atoms with Gasteiger partial charge in [0.05, 0.1) is 12.0 Å². The van der Waals surface area contributed by atoms with Crippen LogP contribution in [0.2, 0.25) is 0 Å². The fourth-order valence-electron chi connectivity index (χ4n) is 1.63. The Bertz CT molecular complexity index is 535. The van der Waals surface area contributed by atoms with Crippen molar-refractivity contribution in [3.8, 4) is 6.07 Å². The van der Waals surface area contributed by atoms with Crippen LogP contribution in [0.1, 0.15) is 17.9 Å². The van der Waals surface area contributed by atoms with Crippen LogP contribution in [0.5, 0.6) is 0 Å². The quantitative estimate of drug-likeness (QED) is 0.602. The van der Waals surface area contributed by atoms with Gasteiger partial charge >= 0.3 is 15.2 Å². The third-order valence-electron chi connectivity index (χ3n) is 2.58. The number of hydrogen-bond donors (Lipinski definition) is 4. The second-order valence-corrected chi connectivity index (χ2v) is 8.00. The third kappa shape index (κ3) is 4.55. The molecule has 1 unspecified atom stereocenters. The van der Waals surface area contributed by atoms with E-state index in [0.29, 0.717) is 5.56 Å². The summed E-state index contributed by atoms with van der Waals surface area (Å²) < 4.78 is 22.3. The van der Waals surface area contributed by atoms with Gasteiger partial charge in [-0.3, -0.25) is 9.13 Å². The second-order valence-electron chi connectivity index (χ2n) is 3.99. The molecule has 0 aliphatic rings. The maximum atomic E-state index is 11.2. The Labute approximate surface area is 109 Å². The van der Waals surface area contributed by atoms with Crippen LogP contribution in [-0.4, -0.2) is 25.0 Å². The lowest BCUT2D eigenvalue weighted by Crippen LogP contribution is -2.13. The molecule has 0 saturated carbocycles. The minimum Gasteiger partial charge on any atom is -0.324 e. The van der Waals surface area contributed by atoms with E-state index in [9.17, 15) is 9.13 Å². The first-order chi connectivity index (χ1) is 8.66. The van der Waals surface area contributed by atoms with E-state index in [1.807, 2.05) is 0 Å². The summed E-state index contributed by atoms with van der Waals surface area (Å²) in [4.78, 5) is 36.1. The topological polar surface area (TPSA) is 139 Å². The van der Waals surface area contributed by atoms with Crippen molar-refractivity contribution in [3.63, 3.8) is 0 Å². The maximum absolute atomic E-state index is 11.2. The second kappa shape index (κ2) is 5.98. The first-order valence-electron chi connectivity index (χ1n) is 5.21. The Hall–Kier alpha value is -0.990. The van der Waals surface area contributed by atoms with E-state index < -0.39 is 32.9 Å². The smallest absolute Gasteiger partial charge is 0.324 e. The van der Waals surface area contributed by atoms with Gasteiger partial charge in [0.1, 0.15) is 0 Å². The zero-order chi connectivity index (χ0) is 14.7. The molecule has 0 fully saturated rings. The highest BCUT2D eigenvalue weighted by Gasteiger charge is 2.44. The fraction of sp³-hybridized carbons (Fsp3) is 0.300. The molecule has 0 radical (unpaired) electrons. The summed E-state index contributed by atoms with van der Waals surface area (Å²) in [6, 6.07) is 9.88. The van der Waals surface area contributed by atoms with E-state index in [1.54, 1.807) is 36.4 Å². The van der Waals surface area contributed by atoms with Crippen LogP contribution >= 0.6 is 15.2 Å². The zero-order valence-corrected chi connectivity index (χ0v) is 11.5. The van der Waals surface area contributed by atoms with Gasteiger partial charge in [-0.05, 0) is 12.0 Å². The first kappa shape index (κ1) is 16.1. The van der Waals surface area contributed by atoms with Crippen molar-refractivity contribution < 1.29 is 28.7 Å². The molecule has 4 N–H and O–H groups in total. The van der Waals surface area contributed by atoms with Gasteiger partial charge in [0.25, 0.3) is 0 Å². The molecule has 0 aliphatic carbocycles. The monoisotopic (exact) mass is 305 g/mol. The summed E-state index contributed by atoms with van der Waals surface area (Å²) in [5.41, 5.74) is 0.455. The zero-order valence-electron chi connectivity index (χ0n) is 9.70. The average molecular weight is 305 g/mol. The summed E-state index contributed by atoms with van der Waals surface area (Å²) in [5, 5.41) is 6.84. The van der Waals surface area contributed by atoms with Crippen LogP contribution in [0, 0.1) is 11.3 Å². The summed E-state index contributed by atoms with van der Waals surface area (Å²) in [5.74, 6) is -0.994. The molecule has 0 bridgehead atoms. The molecule has 0 aliphatic heterocycles. The van der Waals surface area contributed by atoms with Crippen molar-refractivity contribution in [2.45, 2.75) is 17.7 Å². The maximum Gasteiger partial charge on any atom is 0.340 e. The van der Waals surface area contributed by atoms with Crippen molar-refractivity contribution in [2.24, 2.45) is 0 Å². The minimum absolute atomic E-state index is 0.455. The molecule has 0 spiro atoms. The molecule has 0 aromatic heterocycles. The van der Waals surface area contributed by atoms with Gasteiger partial charge in [-0.25, -0.2) is 0 Å². The number of rotatable bonds is 5. The molecule has 7 nitrogen and oxygen atoms in total. The van der Waals surface area contributed by atoms with Crippen LogP contribution < -0.4 is 0 Å². The molecule has 19 heavy (non-hydrogen) atoms. The first-order valence-corrected chi connectivity index (χ1v) is 8.57. The molecule has 0 amide bonds. The number of benzene rings is 1. The van der Waals surface area contributed by atoms with Crippen molar-refractivity contribution in [2.75, 3.05) is 0 Å².